The molecule has 2 atom stereocenters. The number of hydrogen-bond donors (Lipinski definition) is 2. The molecule has 0 saturated carbocycles. The third-order valence-electron chi connectivity index (χ3n) is 4.42. The van der Waals surface area contributed by atoms with Gasteiger partial charge in [-0.2, -0.15) is 0 Å². The molecule has 144 valence electrons. The van der Waals surface area contributed by atoms with Gasteiger partial charge in [0.1, 0.15) is 5.75 Å². The van der Waals surface area contributed by atoms with Gasteiger partial charge in [-0.15, -0.1) is 0 Å². The second kappa shape index (κ2) is 9.76. The summed E-state index contributed by atoms with van der Waals surface area (Å²) in [6, 6.07) is 14.1. The van der Waals surface area contributed by atoms with E-state index in [0.717, 1.165) is 18.6 Å². The minimum atomic E-state index is -0.207. The molecule has 0 saturated heterocycles. The minimum Gasteiger partial charge on any atom is -0.491 e. The zero-order valence-corrected chi connectivity index (χ0v) is 16.4. The van der Waals surface area contributed by atoms with Crippen LogP contribution in [-0.2, 0) is 0 Å². The first-order valence-electron chi connectivity index (χ1n) is 9.41. The fraction of sp³-hybridized carbons (Fsp3) is 0.364. The van der Waals surface area contributed by atoms with Crippen LogP contribution in [0.5, 0.6) is 5.75 Å². The summed E-state index contributed by atoms with van der Waals surface area (Å²) in [6.07, 6.45) is 1.94. The van der Waals surface area contributed by atoms with E-state index in [1.807, 2.05) is 20.8 Å². The maximum atomic E-state index is 12.4. The van der Waals surface area contributed by atoms with Gasteiger partial charge in [0, 0.05) is 22.9 Å². The maximum Gasteiger partial charge on any atom is 0.255 e. The quantitative estimate of drug-likeness (QED) is 0.713. The van der Waals surface area contributed by atoms with Crippen LogP contribution in [0.1, 0.15) is 61.3 Å². The Hall–Kier alpha value is -2.82. The molecule has 2 aromatic rings. The Morgan fingerprint density at radius 2 is 1.41 bits per heavy atom. The molecule has 2 unspecified atom stereocenters. The topological polar surface area (TPSA) is 67.4 Å². The summed E-state index contributed by atoms with van der Waals surface area (Å²) in [5.74, 6) is 0.429. The van der Waals surface area contributed by atoms with Crippen molar-refractivity contribution in [3.05, 3.63) is 59.7 Å². The molecule has 0 aromatic heterocycles. The van der Waals surface area contributed by atoms with E-state index in [9.17, 15) is 9.59 Å². The van der Waals surface area contributed by atoms with Gasteiger partial charge in [-0.25, -0.2) is 0 Å². The van der Waals surface area contributed by atoms with Crippen molar-refractivity contribution in [3.63, 3.8) is 0 Å². The molecule has 0 aliphatic rings. The summed E-state index contributed by atoms with van der Waals surface area (Å²) >= 11 is 0. The van der Waals surface area contributed by atoms with Gasteiger partial charge in [0.05, 0.1) is 6.10 Å². The van der Waals surface area contributed by atoms with E-state index in [0.29, 0.717) is 16.8 Å². The van der Waals surface area contributed by atoms with Crippen molar-refractivity contribution in [3.8, 4) is 5.75 Å². The summed E-state index contributed by atoms with van der Waals surface area (Å²) in [6.45, 7) is 8.05. The predicted molar refractivity (Wildman–Crippen MR) is 108 cm³/mol. The molecule has 2 aromatic carbocycles. The van der Waals surface area contributed by atoms with Crippen molar-refractivity contribution in [2.24, 2.45) is 0 Å². The lowest BCUT2D eigenvalue weighted by Crippen LogP contribution is -2.31. The normalized spacial score (nSPS) is 12.7. The Labute approximate surface area is 161 Å². The zero-order valence-electron chi connectivity index (χ0n) is 16.4. The summed E-state index contributed by atoms with van der Waals surface area (Å²) < 4.78 is 5.72. The second-order valence-corrected chi connectivity index (χ2v) is 6.68. The number of rotatable bonds is 8. The average Bonchev–Trinajstić information content (AvgIpc) is 2.68. The van der Waals surface area contributed by atoms with Gasteiger partial charge in [-0.3, -0.25) is 9.59 Å². The highest BCUT2D eigenvalue weighted by atomic mass is 16.5. The van der Waals surface area contributed by atoms with Crippen molar-refractivity contribution >= 4 is 17.5 Å². The molecule has 0 aliphatic heterocycles. The molecule has 0 radical (unpaired) electrons. The minimum absolute atomic E-state index is 0.112. The first kappa shape index (κ1) is 20.5. The van der Waals surface area contributed by atoms with Gasteiger partial charge < -0.3 is 15.4 Å². The van der Waals surface area contributed by atoms with Crippen LogP contribution in [-0.4, -0.2) is 24.0 Å². The van der Waals surface area contributed by atoms with E-state index in [1.54, 1.807) is 48.5 Å². The Morgan fingerprint density at radius 1 is 0.852 bits per heavy atom. The summed E-state index contributed by atoms with van der Waals surface area (Å²) in [5, 5.41) is 5.75. The fourth-order valence-corrected chi connectivity index (χ4v) is 2.32. The summed E-state index contributed by atoms with van der Waals surface area (Å²) in [4.78, 5) is 24.5. The second-order valence-electron chi connectivity index (χ2n) is 6.68. The van der Waals surface area contributed by atoms with Gasteiger partial charge in [0.2, 0.25) is 0 Å². The Kier molecular flexibility index (Phi) is 7.41. The monoisotopic (exact) mass is 368 g/mol. The smallest absolute Gasteiger partial charge is 0.255 e. The number of hydrogen-bond acceptors (Lipinski definition) is 3. The van der Waals surface area contributed by atoms with E-state index in [4.69, 9.17) is 4.74 Å². The highest BCUT2D eigenvalue weighted by molar-refractivity contribution is 6.04. The van der Waals surface area contributed by atoms with Gasteiger partial charge >= 0.3 is 0 Å². The molecule has 5 heteroatoms. The summed E-state index contributed by atoms with van der Waals surface area (Å²) in [5.41, 5.74) is 1.75. The molecular weight excluding hydrogens is 340 g/mol. The predicted octanol–water partition coefficient (Wildman–Crippen LogP) is 4.64. The van der Waals surface area contributed by atoms with Crippen LogP contribution in [0.2, 0.25) is 0 Å². The standard InChI is InChI=1S/C22H28N2O3/c1-5-15(3)23-21(25)17-7-11-19(12-8-17)24-22(26)18-9-13-20(14-10-18)27-16(4)6-2/h7-16H,5-6H2,1-4H3,(H,23,25)(H,24,26). The van der Waals surface area contributed by atoms with Crippen LogP contribution in [0, 0.1) is 0 Å². The van der Waals surface area contributed by atoms with Crippen LogP contribution >= 0.6 is 0 Å². The lowest BCUT2D eigenvalue weighted by molar-refractivity contribution is 0.0938. The molecule has 5 nitrogen and oxygen atoms in total. The number of anilines is 1. The Morgan fingerprint density at radius 3 is 1.96 bits per heavy atom. The Bertz CT molecular complexity index is 754. The van der Waals surface area contributed by atoms with Crippen LogP contribution in [0.4, 0.5) is 5.69 Å². The average molecular weight is 368 g/mol. The highest BCUT2D eigenvalue weighted by Crippen LogP contribution is 2.17. The van der Waals surface area contributed by atoms with Crippen molar-refractivity contribution < 1.29 is 14.3 Å². The van der Waals surface area contributed by atoms with Crippen molar-refractivity contribution in [2.45, 2.75) is 52.7 Å². The van der Waals surface area contributed by atoms with Crippen LogP contribution in [0.25, 0.3) is 0 Å². The number of carbonyl (C=O) groups excluding carboxylic acids is 2. The van der Waals surface area contributed by atoms with E-state index >= 15 is 0 Å². The van der Waals surface area contributed by atoms with Crippen LogP contribution in [0.3, 0.4) is 0 Å². The first-order chi connectivity index (χ1) is 12.9. The van der Waals surface area contributed by atoms with Crippen molar-refractivity contribution in [2.75, 3.05) is 5.32 Å². The number of amides is 2. The first-order valence-corrected chi connectivity index (χ1v) is 9.41. The molecule has 0 fully saturated rings. The SMILES string of the molecule is CCC(C)NC(=O)c1ccc(NC(=O)c2ccc(OC(C)CC)cc2)cc1. The number of carbonyl (C=O) groups is 2. The summed E-state index contributed by atoms with van der Waals surface area (Å²) in [7, 11) is 0. The lowest BCUT2D eigenvalue weighted by atomic mass is 10.1. The molecule has 0 aliphatic carbocycles. The Balaban J connectivity index is 1.96. The lowest BCUT2D eigenvalue weighted by Gasteiger charge is -2.13. The molecular formula is C22H28N2O3. The molecule has 0 spiro atoms. The third kappa shape index (κ3) is 6.13. The van der Waals surface area contributed by atoms with Gasteiger partial charge in [0.15, 0.2) is 0 Å². The largest absolute Gasteiger partial charge is 0.491 e. The van der Waals surface area contributed by atoms with E-state index in [1.165, 1.54) is 0 Å². The van der Waals surface area contributed by atoms with Crippen molar-refractivity contribution in [1.29, 1.82) is 0 Å². The van der Waals surface area contributed by atoms with Gasteiger partial charge in [-0.1, -0.05) is 13.8 Å². The van der Waals surface area contributed by atoms with Gasteiger partial charge in [-0.05, 0) is 75.2 Å². The molecule has 2 amide bonds. The molecule has 2 rings (SSSR count). The fourth-order valence-electron chi connectivity index (χ4n) is 2.32. The highest BCUT2D eigenvalue weighted by Gasteiger charge is 2.10. The molecule has 27 heavy (non-hydrogen) atoms. The number of nitrogens with one attached hydrogen (secondary N) is 2. The van der Waals surface area contributed by atoms with E-state index in [2.05, 4.69) is 17.6 Å². The van der Waals surface area contributed by atoms with Crippen molar-refractivity contribution in [1.82, 2.24) is 5.32 Å². The number of benzene rings is 2. The van der Waals surface area contributed by atoms with E-state index in [-0.39, 0.29) is 24.0 Å². The molecule has 0 bridgehead atoms. The molecule has 0 heterocycles. The zero-order chi connectivity index (χ0) is 19.8. The maximum absolute atomic E-state index is 12.4. The number of ether oxygens (including phenoxy) is 1. The third-order valence-corrected chi connectivity index (χ3v) is 4.42. The molecule has 2 N–H and O–H groups in total. The van der Waals surface area contributed by atoms with E-state index < -0.39 is 0 Å². The van der Waals surface area contributed by atoms with Crippen LogP contribution < -0.4 is 15.4 Å². The van der Waals surface area contributed by atoms with Crippen LogP contribution in [0.15, 0.2) is 48.5 Å². The van der Waals surface area contributed by atoms with Gasteiger partial charge in [0.25, 0.3) is 11.8 Å².